The van der Waals surface area contributed by atoms with Crippen LogP contribution in [-0.2, 0) is 53.8 Å². The van der Waals surface area contributed by atoms with Gasteiger partial charge >= 0.3 is 5.97 Å². The number of aliphatic hydroxyl groups is 2. The van der Waals surface area contributed by atoms with Gasteiger partial charge in [0.25, 0.3) is 5.56 Å². The van der Waals surface area contributed by atoms with Crippen LogP contribution in [0.1, 0.15) is 79.5 Å². The Morgan fingerprint density at radius 3 is 2.35 bits per heavy atom. The van der Waals surface area contributed by atoms with Crippen molar-refractivity contribution in [2.24, 2.45) is 0 Å². The summed E-state index contributed by atoms with van der Waals surface area (Å²) >= 11 is 0. The Kier molecular flexibility index (Phi) is 10.9. The molecule has 4 N–H and O–H groups in total. The minimum Gasteiger partial charge on any atom is -0.458 e. The van der Waals surface area contributed by atoms with Crippen LogP contribution in [0.5, 0.6) is 0 Å². The molecule has 0 bridgehead atoms. The molecule has 2 atom stereocenters. The van der Waals surface area contributed by atoms with Crippen molar-refractivity contribution in [2.45, 2.75) is 78.0 Å². The summed E-state index contributed by atoms with van der Waals surface area (Å²) in [6.45, 7) is 6.25. The third kappa shape index (κ3) is 6.72. The lowest BCUT2D eigenvalue weighted by Crippen LogP contribution is -2.46. The van der Waals surface area contributed by atoms with Crippen LogP contribution in [0.3, 0.4) is 0 Å². The van der Waals surface area contributed by atoms with Gasteiger partial charge in [-0.25, -0.2) is 14.2 Å². The molecule has 16 heteroatoms. The average Bonchev–Trinajstić information content (AvgIpc) is 3.47. The molecule has 0 radical (unpaired) electrons. The molecular formula is C38H45FN6O9. The van der Waals surface area contributed by atoms with Gasteiger partial charge in [-0.3, -0.25) is 28.5 Å². The molecule has 3 aliphatic rings. The lowest BCUT2D eigenvalue weighted by Gasteiger charge is -2.32. The summed E-state index contributed by atoms with van der Waals surface area (Å²) in [5.41, 5.74) is 0.805. The SMILES string of the molecule is CC[C@@]1(O)C(=O)OCc2c1cc1n(c2=O)C(C(=O)NCCC(=O)NCCN(CCN(CCO)C(C)=O)C(C)=O)c2c-1nc1cc(F)c(C)c3c1c2CCC3. The zero-order valence-electron chi connectivity index (χ0n) is 30.8. The van der Waals surface area contributed by atoms with Gasteiger partial charge in [-0.2, -0.15) is 0 Å². The molecule has 0 spiro atoms. The monoisotopic (exact) mass is 748 g/mol. The maximum absolute atomic E-state index is 15.1. The third-order valence-electron chi connectivity index (χ3n) is 10.9. The number of rotatable bonds is 13. The molecule has 4 amide bonds. The number of hydrogen-bond acceptors (Lipinski definition) is 10. The first-order valence-corrected chi connectivity index (χ1v) is 18.2. The molecule has 54 heavy (non-hydrogen) atoms. The number of benzene rings is 1. The van der Waals surface area contributed by atoms with Crippen molar-refractivity contribution in [2.75, 3.05) is 45.9 Å². The molecule has 0 fully saturated rings. The van der Waals surface area contributed by atoms with Crippen LogP contribution < -0.4 is 16.2 Å². The normalized spacial score (nSPS) is 18.0. The van der Waals surface area contributed by atoms with Gasteiger partial charge in [-0.1, -0.05) is 6.92 Å². The molecule has 4 heterocycles. The van der Waals surface area contributed by atoms with Crippen LogP contribution in [0.15, 0.2) is 16.9 Å². The van der Waals surface area contributed by atoms with E-state index in [1.807, 2.05) is 0 Å². The third-order valence-corrected chi connectivity index (χ3v) is 10.9. The second-order valence-electron chi connectivity index (χ2n) is 14.0. The predicted octanol–water partition coefficient (Wildman–Crippen LogP) is 0.869. The van der Waals surface area contributed by atoms with Crippen LogP contribution in [-0.4, -0.2) is 105 Å². The van der Waals surface area contributed by atoms with E-state index < -0.39 is 47.4 Å². The number of esters is 1. The van der Waals surface area contributed by atoms with Crippen molar-refractivity contribution in [1.82, 2.24) is 30.0 Å². The smallest absolute Gasteiger partial charge is 0.343 e. The second-order valence-corrected chi connectivity index (χ2v) is 14.0. The largest absolute Gasteiger partial charge is 0.458 e. The maximum atomic E-state index is 15.1. The zero-order valence-corrected chi connectivity index (χ0v) is 30.8. The van der Waals surface area contributed by atoms with Crippen molar-refractivity contribution in [1.29, 1.82) is 0 Å². The number of carbonyl (C=O) groups is 5. The molecule has 2 aliphatic heterocycles. The Bertz CT molecular complexity index is 2130. The van der Waals surface area contributed by atoms with Gasteiger partial charge in [0.2, 0.25) is 23.6 Å². The topological polar surface area (TPSA) is 200 Å². The standard InChI is InChI=1S/C38H45FN6O9/c1-5-38(53)26-17-29-33-32(24-8-6-7-23-20(2)27(39)18-28(42-33)31(23)24)34(45(29)36(51)25(26)19-54-37(38)52)35(50)41-10-9-30(49)40-11-12-43(21(3)47)13-14-44(15-16-46)22(4)48/h17-18,34,46,53H,5-16,19H2,1-4H3,(H,40,49)(H,41,50)/t34?,38-/m0/s1. The molecule has 1 unspecified atom stereocenters. The number of nitrogens with one attached hydrogen (secondary N) is 2. The fraction of sp³-hybridized carbons (Fsp3) is 0.500. The van der Waals surface area contributed by atoms with Gasteiger partial charge in [0.15, 0.2) is 5.60 Å². The molecule has 0 saturated carbocycles. The molecule has 2 aromatic heterocycles. The van der Waals surface area contributed by atoms with Crippen LogP contribution in [0.2, 0.25) is 0 Å². The average molecular weight is 749 g/mol. The Balaban J connectivity index is 1.25. The van der Waals surface area contributed by atoms with Gasteiger partial charge in [0.1, 0.15) is 18.5 Å². The number of nitrogens with zero attached hydrogens (tertiary/aromatic N) is 4. The minimum atomic E-state index is -2.09. The fourth-order valence-electron chi connectivity index (χ4n) is 7.89. The number of cyclic esters (lactones) is 1. The summed E-state index contributed by atoms with van der Waals surface area (Å²) in [6, 6.07) is 1.65. The van der Waals surface area contributed by atoms with E-state index in [9.17, 15) is 39.0 Å². The first-order chi connectivity index (χ1) is 25.7. The van der Waals surface area contributed by atoms with Gasteiger partial charge in [0, 0.05) is 82.1 Å². The predicted molar refractivity (Wildman–Crippen MR) is 193 cm³/mol. The first kappa shape index (κ1) is 38.5. The summed E-state index contributed by atoms with van der Waals surface area (Å²) in [4.78, 5) is 85.8. The highest BCUT2D eigenvalue weighted by Gasteiger charge is 2.48. The van der Waals surface area contributed by atoms with Crippen molar-refractivity contribution in [3.63, 3.8) is 0 Å². The van der Waals surface area contributed by atoms with Gasteiger partial charge in [-0.15, -0.1) is 0 Å². The maximum Gasteiger partial charge on any atom is 0.343 e. The Labute approximate surface area is 310 Å². The molecule has 15 nitrogen and oxygen atoms in total. The summed E-state index contributed by atoms with van der Waals surface area (Å²) in [5.74, 6) is -2.75. The van der Waals surface area contributed by atoms with Crippen LogP contribution in [0, 0.1) is 12.7 Å². The number of ether oxygens (including phenoxy) is 1. The summed E-state index contributed by atoms with van der Waals surface area (Å²) in [5, 5.41) is 26.9. The number of carbonyl (C=O) groups excluding carboxylic acids is 5. The van der Waals surface area contributed by atoms with E-state index in [0.717, 1.165) is 16.5 Å². The van der Waals surface area contributed by atoms with E-state index in [4.69, 9.17) is 9.72 Å². The number of aliphatic hydroxyl groups excluding tert-OH is 1. The van der Waals surface area contributed by atoms with Crippen molar-refractivity contribution < 1.29 is 43.3 Å². The van der Waals surface area contributed by atoms with E-state index in [-0.39, 0.29) is 93.0 Å². The van der Waals surface area contributed by atoms with E-state index in [1.165, 1.54) is 40.3 Å². The lowest BCUT2D eigenvalue weighted by atomic mass is 9.83. The molecule has 288 valence electrons. The highest BCUT2D eigenvalue weighted by atomic mass is 19.1. The van der Waals surface area contributed by atoms with Crippen LogP contribution in [0.4, 0.5) is 4.39 Å². The van der Waals surface area contributed by atoms with Crippen LogP contribution >= 0.6 is 0 Å². The number of aromatic nitrogens is 2. The highest BCUT2D eigenvalue weighted by Crippen LogP contribution is 2.47. The highest BCUT2D eigenvalue weighted by molar-refractivity contribution is 5.98. The summed E-state index contributed by atoms with van der Waals surface area (Å²) in [6.07, 6.45) is 1.65. The van der Waals surface area contributed by atoms with E-state index >= 15 is 4.39 Å². The second kappa shape index (κ2) is 15.3. The first-order valence-electron chi connectivity index (χ1n) is 18.2. The van der Waals surface area contributed by atoms with E-state index in [1.54, 1.807) is 13.8 Å². The summed E-state index contributed by atoms with van der Waals surface area (Å²) in [7, 11) is 0. The van der Waals surface area contributed by atoms with Gasteiger partial charge in [0.05, 0.1) is 29.1 Å². The Morgan fingerprint density at radius 2 is 1.69 bits per heavy atom. The number of pyridine rings is 2. The van der Waals surface area contributed by atoms with E-state index in [2.05, 4.69) is 10.6 Å². The number of aryl methyl sites for hydroxylation is 2. The molecule has 6 rings (SSSR count). The molecule has 1 aliphatic carbocycles. The Hall–Kier alpha value is -5.22. The van der Waals surface area contributed by atoms with Crippen molar-refractivity contribution in [3.05, 3.63) is 61.7 Å². The Morgan fingerprint density at radius 1 is 1.00 bits per heavy atom. The van der Waals surface area contributed by atoms with Crippen molar-refractivity contribution in [3.8, 4) is 11.4 Å². The number of fused-ring (bicyclic) bond motifs is 5. The number of halogens is 1. The number of hydrogen-bond donors (Lipinski definition) is 4. The van der Waals surface area contributed by atoms with Gasteiger partial charge in [-0.05, 0) is 55.4 Å². The summed E-state index contributed by atoms with van der Waals surface area (Å²) < 4.78 is 21.7. The quantitative estimate of drug-likeness (QED) is 0.182. The number of amides is 4. The molecule has 0 saturated heterocycles. The molecular weight excluding hydrogens is 703 g/mol. The fourth-order valence-corrected chi connectivity index (χ4v) is 7.89. The van der Waals surface area contributed by atoms with E-state index in [0.29, 0.717) is 35.9 Å². The molecule has 1 aromatic carbocycles. The van der Waals surface area contributed by atoms with Gasteiger partial charge < -0.3 is 35.4 Å². The lowest BCUT2D eigenvalue weighted by molar-refractivity contribution is -0.172. The van der Waals surface area contributed by atoms with Crippen LogP contribution in [0.25, 0.3) is 22.3 Å². The van der Waals surface area contributed by atoms with Crippen molar-refractivity contribution >= 4 is 40.5 Å². The zero-order chi connectivity index (χ0) is 39.1. The molecule has 3 aromatic rings. The minimum absolute atomic E-state index is 0.0375.